The Morgan fingerprint density at radius 2 is 1.90 bits per heavy atom. The molecule has 0 bridgehead atoms. The first-order chi connectivity index (χ1) is 9.57. The second kappa shape index (κ2) is 7.43. The fourth-order valence-electron chi connectivity index (χ4n) is 3.56. The highest BCUT2D eigenvalue weighted by Gasteiger charge is 2.45. The predicted molar refractivity (Wildman–Crippen MR) is 100 cm³/mol. The van der Waals surface area contributed by atoms with E-state index in [1.807, 2.05) is 0 Å². The third-order valence-corrected chi connectivity index (χ3v) is 5.38. The van der Waals surface area contributed by atoms with Crippen LogP contribution in [0.5, 0.6) is 0 Å². The summed E-state index contributed by atoms with van der Waals surface area (Å²) in [6.07, 6.45) is 4.73. The van der Waals surface area contributed by atoms with Gasteiger partial charge in [0.05, 0.1) is 10.5 Å². The third-order valence-electron chi connectivity index (χ3n) is 4.77. The number of piperidine rings is 1. The third kappa shape index (κ3) is 5.03. The van der Waals surface area contributed by atoms with Crippen LogP contribution in [0.15, 0.2) is 0 Å². The molecule has 1 aliphatic rings. The Balaban J connectivity index is 3.07. The summed E-state index contributed by atoms with van der Waals surface area (Å²) < 4.78 is -0.0333. The van der Waals surface area contributed by atoms with Crippen LogP contribution in [0.1, 0.15) is 60.3 Å². The molecule has 0 aromatic heterocycles. The van der Waals surface area contributed by atoms with Gasteiger partial charge in [0.15, 0.2) is 0 Å². The van der Waals surface area contributed by atoms with E-state index in [0.29, 0.717) is 6.54 Å². The lowest BCUT2D eigenvalue weighted by atomic mass is 9.94. The van der Waals surface area contributed by atoms with Gasteiger partial charge < -0.3 is 5.73 Å². The van der Waals surface area contributed by atoms with Crippen molar-refractivity contribution in [2.45, 2.75) is 75.6 Å². The number of thiol groups is 2. The van der Waals surface area contributed by atoms with Gasteiger partial charge in [-0.2, -0.15) is 25.3 Å². The first-order valence-corrected chi connectivity index (χ1v) is 9.14. The highest BCUT2D eigenvalue weighted by Crippen LogP contribution is 2.40. The molecule has 0 radical (unpaired) electrons. The van der Waals surface area contributed by atoms with Gasteiger partial charge in [-0.25, -0.2) is 0 Å². The first-order valence-electron chi connectivity index (χ1n) is 8.24. The van der Waals surface area contributed by atoms with Crippen molar-refractivity contribution in [3.8, 4) is 0 Å². The molecule has 0 saturated carbocycles. The second-order valence-corrected chi connectivity index (χ2v) is 9.59. The lowest BCUT2D eigenvalue weighted by Gasteiger charge is -2.57. The topological polar surface area (TPSA) is 32.5 Å². The van der Waals surface area contributed by atoms with Gasteiger partial charge in [-0.05, 0) is 53.4 Å². The van der Waals surface area contributed by atoms with E-state index < -0.39 is 0 Å². The number of hydrogen-bond donors (Lipinski definition) is 3. The number of hydrogen-bond acceptors (Lipinski definition) is 5. The Morgan fingerprint density at radius 3 is 2.33 bits per heavy atom. The summed E-state index contributed by atoms with van der Waals surface area (Å²) in [5, 5.41) is 0. The standard InChI is InChI=1S/C16H35N3S2/c1-6-15(4,18(12-10-17)13-14(2,3)20)19-11-8-7-9-16(19,5)21/h20-21H,6-13,17H2,1-5H3. The summed E-state index contributed by atoms with van der Waals surface area (Å²) in [6.45, 7) is 14.8. The molecule has 0 aromatic rings. The average Bonchev–Trinajstić information content (AvgIpc) is 2.35. The Kier molecular flexibility index (Phi) is 6.95. The molecule has 0 aliphatic carbocycles. The van der Waals surface area contributed by atoms with E-state index in [2.05, 4.69) is 44.4 Å². The van der Waals surface area contributed by atoms with E-state index in [0.717, 1.165) is 32.5 Å². The van der Waals surface area contributed by atoms with Crippen molar-refractivity contribution in [3.63, 3.8) is 0 Å². The molecule has 1 aliphatic heterocycles. The van der Waals surface area contributed by atoms with Crippen LogP contribution in [0.3, 0.4) is 0 Å². The molecule has 1 rings (SSSR count). The second-order valence-electron chi connectivity index (χ2n) is 7.42. The smallest absolute Gasteiger partial charge is 0.0718 e. The van der Waals surface area contributed by atoms with Crippen molar-refractivity contribution in [1.29, 1.82) is 0 Å². The predicted octanol–water partition coefficient (Wildman–Crippen LogP) is 3.21. The van der Waals surface area contributed by atoms with Crippen LogP contribution in [0.2, 0.25) is 0 Å². The molecule has 1 heterocycles. The summed E-state index contributed by atoms with van der Waals surface area (Å²) in [7, 11) is 0. The van der Waals surface area contributed by atoms with Gasteiger partial charge in [0.1, 0.15) is 0 Å². The first kappa shape index (κ1) is 19.6. The Labute approximate surface area is 142 Å². The monoisotopic (exact) mass is 333 g/mol. The van der Waals surface area contributed by atoms with Gasteiger partial charge in [0.2, 0.25) is 0 Å². The SMILES string of the molecule is CCC(C)(N(CCN)CC(C)(C)S)N1CCCCC1(C)S. The summed E-state index contributed by atoms with van der Waals surface area (Å²) >= 11 is 9.73. The number of nitrogens with two attached hydrogens (primary N) is 1. The van der Waals surface area contributed by atoms with Crippen LogP contribution < -0.4 is 5.73 Å². The van der Waals surface area contributed by atoms with Gasteiger partial charge in [-0.15, -0.1) is 0 Å². The van der Waals surface area contributed by atoms with Crippen molar-refractivity contribution in [1.82, 2.24) is 9.80 Å². The zero-order valence-corrected chi connectivity index (χ0v) is 16.3. The highest BCUT2D eigenvalue weighted by atomic mass is 32.1. The fraction of sp³-hybridized carbons (Fsp3) is 1.00. The van der Waals surface area contributed by atoms with Crippen LogP contribution in [0, 0.1) is 0 Å². The molecule has 2 unspecified atom stereocenters. The summed E-state index contributed by atoms with van der Waals surface area (Å²) in [5.41, 5.74) is 5.88. The molecule has 126 valence electrons. The fourth-order valence-corrected chi connectivity index (χ4v) is 4.21. The highest BCUT2D eigenvalue weighted by molar-refractivity contribution is 7.82. The van der Waals surface area contributed by atoms with Crippen molar-refractivity contribution >= 4 is 25.3 Å². The zero-order valence-electron chi connectivity index (χ0n) is 14.5. The van der Waals surface area contributed by atoms with Gasteiger partial charge in [-0.1, -0.05) is 6.92 Å². The lowest BCUT2D eigenvalue weighted by molar-refractivity contribution is -0.0926. The van der Waals surface area contributed by atoms with Gasteiger partial charge >= 0.3 is 0 Å². The van der Waals surface area contributed by atoms with E-state index in [4.69, 9.17) is 31.0 Å². The minimum Gasteiger partial charge on any atom is -0.329 e. The van der Waals surface area contributed by atoms with Gasteiger partial charge in [0, 0.05) is 30.9 Å². The largest absolute Gasteiger partial charge is 0.329 e. The number of nitrogens with zero attached hydrogens (tertiary/aromatic N) is 2. The Bertz CT molecular complexity index is 328. The molecular formula is C16H35N3S2. The molecule has 3 nitrogen and oxygen atoms in total. The quantitative estimate of drug-likeness (QED) is 0.626. The van der Waals surface area contributed by atoms with Gasteiger partial charge in [-0.3, -0.25) is 9.80 Å². The molecule has 2 N–H and O–H groups in total. The molecule has 1 saturated heterocycles. The molecule has 5 heteroatoms. The Hall–Kier alpha value is 0.580. The van der Waals surface area contributed by atoms with E-state index in [1.54, 1.807) is 0 Å². The minimum atomic E-state index is -0.0450. The van der Waals surface area contributed by atoms with Crippen LogP contribution >= 0.6 is 25.3 Å². The van der Waals surface area contributed by atoms with E-state index in [9.17, 15) is 0 Å². The average molecular weight is 334 g/mol. The maximum absolute atomic E-state index is 5.89. The molecular weight excluding hydrogens is 298 g/mol. The van der Waals surface area contributed by atoms with Crippen molar-refractivity contribution in [2.24, 2.45) is 5.73 Å². The molecule has 1 fully saturated rings. The van der Waals surface area contributed by atoms with Gasteiger partial charge in [0.25, 0.3) is 0 Å². The number of rotatable bonds is 7. The molecule has 0 spiro atoms. The van der Waals surface area contributed by atoms with E-state index >= 15 is 0 Å². The zero-order chi connectivity index (χ0) is 16.3. The maximum Gasteiger partial charge on any atom is 0.0718 e. The maximum atomic E-state index is 5.89. The molecule has 2 atom stereocenters. The van der Waals surface area contributed by atoms with Crippen molar-refractivity contribution in [3.05, 3.63) is 0 Å². The summed E-state index contributed by atoms with van der Waals surface area (Å²) in [5.74, 6) is 0. The van der Waals surface area contributed by atoms with Crippen LogP contribution in [0.25, 0.3) is 0 Å². The summed E-state index contributed by atoms with van der Waals surface area (Å²) in [6, 6.07) is 0. The van der Waals surface area contributed by atoms with E-state index in [1.165, 1.54) is 12.8 Å². The summed E-state index contributed by atoms with van der Waals surface area (Å²) in [4.78, 5) is 5.05. The lowest BCUT2D eigenvalue weighted by Crippen LogP contribution is -2.67. The normalized spacial score (nSPS) is 27.9. The molecule has 0 aromatic carbocycles. The van der Waals surface area contributed by atoms with E-state index in [-0.39, 0.29) is 15.3 Å². The van der Waals surface area contributed by atoms with Crippen molar-refractivity contribution in [2.75, 3.05) is 26.2 Å². The molecule has 0 amide bonds. The minimum absolute atomic E-state index is 0.0176. The number of likely N-dealkylation sites (tertiary alicyclic amines) is 1. The van der Waals surface area contributed by atoms with Crippen LogP contribution in [0.4, 0.5) is 0 Å². The van der Waals surface area contributed by atoms with Crippen LogP contribution in [-0.4, -0.2) is 51.3 Å². The molecule has 21 heavy (non-hydrogen) atoms. The van der Waals surface area contributed by atoms with Crippen LogP contribution in [-0.2, 0) is 0 Å². The Morgan fingerprint density at radius 1 is 1.29 bits per heavy atom. The van der Waals surface area contributed by atoms with Crippen molar-refractivity contribution < 1.29 is 0 Å².